The summed E-state index contributed by atoms with van der Waals surface area (Å²) in [6, 6.07) is 10.9. The van der Waals surface area contributed by atoms with Crippen LogP contribution in [0.1, 0.15) is 18.0 Å². The van der Waals surface area contributed by atoms with E-state index in [1.54, 1.807) is 0 Å². The SMILES string of the molecule is NCCC1CNNC1c1ccccc1. The maximum atomic E-state index is 5.59. The van der Waals surface area contributed by atoms with E-state index in [2.05, 4.69) is 35.1 Å². The fraction of sp³-hybridized carbons (Fsp3) is 0.455. The smallest absolute Gasteiger partial charge is 0.0503 e. The van der Waals surface area contributed by atoms with E-state index in [0.29, 0.717) is 12.0 Å². The lowest BCUT2D eigenvalue weighted by Gasteiger charge is -2.17. The molecule has 1 saturated heterocycles. The van der Waals surface area contributed by atoms with Crippen LogP contribution in [0, 0.1) is 5.92 Å². The van der Waals surface area contributed by atoms with E-state index in [9.17, 15) is 0 Å². The number of nitrogens with one attached hydrogen (secondary N) is 2. The molecule has 1 aromatic rings. The van der Waals surface area contributed by atoms with Gasteiger partial charge in [0, 0.05) is 6.54 Å². The lowest BCUT2D eigenvalue weighted by atomic mass is 9.92. The quantitative estimate of drug-likeness (QED) is 0.662. The Morgan fingerprint density at radius 2 is 2.07 bits per heavy atom. The van der Waals surface area contributed by atoms with Crippen LogP contribution in [-0.2, 0) is 0 Å². The van der Waals surface area contributed by atoms with Gasteiger partial charge in [0.15, 0.2) is 0 Å². The van der Waals surface area contributed by atoms with E-state index in [4.69, 9.17) is 5.73 Å². The van der Waals surface area contributed by atoms with Crippen molar-refractivity contribution in [3.05, 3.63) is 35.9 Å². The number of benzene rings is 1. The van der Waals surface area contributed by atoms with Crippen molar-refractivity contribution < 1.29 is 0 Å². The van der Waals surface area contributed by atoms with Gasteiger partial charge in [0.2, 0.25) is 0 Å². The number of hydrogen-bond acceptors (Lipinski definition) is 3. The Morgan fingerprint density at radius 1 is 1.29 bits per heavy atom. The zero-order chi connectivity index (χ0) is 9.80. The standard InChI is InChI=1S/C11H17N3/c12-7-6-10-8-13-14-11(10)9-4-2-1-3-5-9/h1-5,10-11,13-14H,6-8,12H2. The van der Waals surface area contributed by atoms with E-state index in [-0.39, 0.29) is 0 Å². The van der Waals surface area contributed by atoms with Crippen LogP contribution in [0.4, 0.5) is 0 Å². The highest BCUT2D eigenvalue weighted by Crippen LogP contribution is 2.26. The molecule has 1 aliphatic heterocycles. The summed E-state index contributed by atoms with van der Waals surface area (Å²) in [6.07, 6.45) is 1.07. The fourth-order valence-electron chi connectivity index (χ4n) is 2.03. The average Bonchev–Trinajstić information content (AvgIpc) is 2.68. The Labute approximate surface area is 84.7 Å². The van der Waals surface area contributed by atoms with Gasteiger partial charge in [-0.2, -0.15) is 0 Å². The Hall–Kier alpha value is -0.900. The van der Waals surface area contributed by atoms with Crippen molar-refractivity contribution in [2.24, 2.45) is 11.7 Å². The third-order valence-corrected chi connectivity index (χ3v) is 2.79. The van der Waals surface area contributed by atoms with Gasteiger partial charge in [0.05, 0.1) is 6.04 Å². The maximum absolute atomic E-state index is 5.59. The summed E-state index contributed by atoms with van der Waals surface area (Å²) < 4.78 is 0. The molecule has 2 atom stereocenters. The predicted molar refractivity (Wildman–Crippen MR) is 57.5 cm³/mol. The van der Waals surface area contributed by atoms with Crippen LogP contribution in [0.15, 0.2) is 30.3 Å². The first-order chi connectivity index (χ1) is 6.92. The molecule has 4 N–H and O–H groups in total. The second-order valence-electron chi connectivity index (χ2n) is 3.75. The second-order valence-corrected chi connectivity index (χ2v) is 3.75. The molecule has 0 aromatic heterocycles. The van der Waals surface area contributed by atoms with Gasteiger partial charge in [-0.15, -0.1) is 0 Å². The van der Waals surface area contributed by atoms with Crippen LogP contribution in [0.2, 0.25) is 0 Å². The molecule has 2 unspecified atom stereocenters. The molecule has 2 rings (SSSR count). The van der Waals surface area contributed by atoms with Crippen LogP contribution in [0.25, 0.3) is 0 Å². The summed E-state index contributed by atoms with van der Waals surface area (Å²) in [5.41, 5.74) is 13.4. The van der Waals surface area contributed by atoms with E-state index in [1.165, 1.54) is 5.56 Å². The second kappa shape index (κ2) is 4.55. The van der Waals surface area contributed by atoms with Crippen LogP contribution in [0.3, 0.4) is 0 Å². The van der Waals surface area contributed by atoms with Crippen LogP contribution in [-0.4, -0.2) is 13.1 Å². The zero-order valence-electron chi connectivity index (χ0n) is 8.24. The van der Waals surface area contributed by atoms with Crippen molar-refractivity contribution >= 4 is 0 Å². The summed E-state index contributed by atoms with van der Waals surface area (Å²) in [7, 11) is 0. The van der Waals surface area contributed by atoms with Gasteiger partial charge < -0.3 is 5.73 Å². The molecule has 3 nitrogen and oxygen atoms in total. The van der Waals surface area contributed by atoms with E-state index in [1.807, 2.05) is 6.07 Å². The average molecular weight is 191 g/mol. The summed E-state index contributed by atoms with van der Waals surface area (Å²) in [5, 5.41) is 0. The van der Waals surface area contributed by atoms with E-state index in [0.717, 1.165) is 19.5 Å². The minimum absolute atomic E-state index is 0.416. The topological polar surface area (TPSA) is 50.1 Å². The molecule has 0 aliphatic carbocycles. The molecule has 1 heterocycles. The predicted octanol–water partition coefficient (Wildman–Crippen LogP) is 0.801. The van der Waals surface area contributed by atoms with Gasteiger partial charge >= 0.3 is 0 Å². The Morgan fingerprint density at radius 3 is 2.79 bits per heavy atom. The lowest BCUT2D eigenvalue weighted by molar-refractivity contribution is 0.451. The van der Waals surface area contributed by atoms with E-state index >= 15 is 0 Å². The Kier molecular flexibility index (Phi) is 3.14. The summed E-state index contributed by atoms with van der Waals surface area (Å²) >= 11 is 0. The first-order valence-electron chi connectivity index (χ1n) is 5.15. The van der Waals surface area contributed by atoms with E-state index < -0.39 is 0 Å². The maximum Gasteiger partial charge on any atom is 0.0503 e. The van der Waals surface area contributed by atoms with Crippen LogP contribution in [0.5, 0.6) is 0 Å². The molecule has 0 radical (unpaired) electrons. The third-order valence-electron chi connectivity index (χ3n) is 2.79. The Balaban J connectivity index is 2.10. The summed E-state index contributed by atoms with van der Waals surface area (Å²) in [4.78, 5) is 0. The molecule has 0 spiro atoms. The van der Waals surface area contributed by atoms with Crippen molar-refractivity contribution in [1.82, 2.24) is 10.9 Å². The van der Waals surface area contributed by atoms with Gasteiger partial charge in [-0.25, -0.2) is 5.43 Å². The van der Waals surface area contributed by atoms with Gasteiger partial charge in [0.25, 0.3) is 0 Å². The largest absolute Gasteiger partial charge is 0.330 e. The van der Waals surface area contributed by atoms with Gasteiger partial charge in [0.1, 0.15) is 0 Å². The molecule has 0 saturated carbocycles. The van der Waals surface area contributed by atoms with Crippen molar-refractivity contribution in [3.8, 4) is 0 Å². The van der Waals surface area contributed by atoms with Crippen LogP contribution < -0.4 is 16.6 Å². The summed E-state index contributed by atoms with van der Waals surface area (Å²) in [6.45, 7) is 1.77. The molecule has 0 amide bonds. The van der Waals surface area contributed by atoms with Crippen molar-refractivity contribution in [2.75, 3.05) is 13.1 Å². The molecule has 0 bridgehead atoms. The van der Waals surface area contributed by atoms with Crippen molar-refractivity contribution in [2.45, 2.75) is 12.5 Å². The third kappa shape index (κ3) is 1.95. The van der Waals surface area contributed by atoms with Gasteiger partial charge in [-0.05, 0) is 24.4 Å². The molecular formula is C11H17N3. The first kappa shape index (κ1) is 9.65. The van der Waals surface area contributed by atoms with Gasteiger partial charge in [-0.1, -0.05) is 30.3 Å². The highest BCUT2D eigenvalue weighted by Gasteiger charge is 2.26. The molecule has 3 heteroatoms. The minimum Gasteiger partial charge on any atom is -0.330 e. The van der Waals surface area contributed by atoms with Crippen LogP contribution >= 0.6 is 0 Å². The monoisotopic (exact) mass is 191 g/mol. The molecule has 76 valence electrons. The number of hydrazine groups is 1. The number of hydrogen-bond donors (Lipinski definition) is 3. The van der Waals surface area contributed by atoms with Crippen molar-refractivity contribution in [1.29, 1.82) is 0 Å². The minimum atomic E-state index is 0.416. The normalized spacial score (nSPS) is 26.6. The molecule has 1 aliphatic rings. The molecule has 14 heavy (non-hydrogen) atoms. The zero-order valence-corrected chi connectivity index (χ0v) is 8.24. The van der Waals surface area contributed by atoms with Crippen molar-refractivity contribution in [3.63, 3.8) is 0 Å². The number of rotatable bonds is 3. The molecular weight excluding hydrogens is 174 g/mol. The Bertz CT molecular complexity index is 273. The number of nitrogens with two attached hydrogens (primary N) is 1. The fourth-order valence-corrected chi connectivity index (χ4v) is 2.03. The lowest BCUT2D eigenvalue weighted by Crippen LogP contribution is -2.25. The molecule has 1 fully saturated rings. The highest BCUT2D eigenvalue weighted by atomic mass is 15.4. The summed E-state index contributed by atoms with van der Waals surface area (Å²) in [5.74, 6) is 0.613. The highest BCUT2D eigenvalue weighted by molar-refractivity contribution is 5.20. The van der Waals surface area contributed by atoms with Gasteiger partial charge in [-0.3, -0.25) is 5.43 Å². The molecule has 1 aromatic carbocycles. The first-order valence-corrected chi connectivity index (χ1v) is 5.15.